The molecule has 4 heteroatoms. The Morgan fingerprint density at radius 2 is 2.31 bits per heavy atom. The lowest BCUT2D eigenvalue weighted by atomic mass is 10.3. The van der Waals surface area contributed by atoms with Crippen LogP contribution in [-0.4, -0.2) is 41.5 Å². The number of hydrogen-bond donors (Lipinski definition) is 2. The second-order valence-electron chi connectivity index (χ2n) is 3.61. The van der Waals surface area contributed by atoms with Gasteiger partial charge in [-0.2, -0.15) is 0 Å². The van der Waals surface area contributed by atoms with Crippen molar-refractivity contribution in [2.24, 2.45) is 0 Å². The third-order valence-electron chi connectivity index (χ3n) is 2.15. The van der Waals surface area contributed by atoms with Crippen LogP contribution in [0.25, 0.3) is 0 Å². The Bertz CT molecular complexity index is 254. The second kappa shape index (κ2) is 4.28. The average molecular weight is 182 g/mol. The Hall–Kier alpha value is -1.03. The zero-order valence-corrected chi connectivity index (χ0v) is 8.76. The highest BCUT2D eigenvalue weighted by atomic mass is 15.2. The predicted molar refractivity (Wildman–Crippen MR) is 55.0 cm³/mol. The fraction of sp³-hybridized carbons (Fsp3) is 0.667. The fourth-order valence-corrected chi connectivity index (χ4v) is 0.929. The smallest absolute Gasteiger partial charge is 0.200 e. The molecule has 0 aliphatic heterocycles. The van der Waals surface area contributed by atoms with Gasteiger partial charge in [-0.25, -0.2) is 4.98 Å². The van der Waals surface area contributed by atoms with Gasteiger partial charge >= 0.3 is 0 Å². The lowest BCUT2D eigenvalue weighted by Gasteiger charge is -2.19. The first-order valence-corrected chi connectivity index (χ1v) is 4.51. The van der Waals surface area contributed by atoms with Crippen molar-refractivity contribution in [1.82, 2.24) is 14.9 Å². The van der Waals surface area contributed by atoms with Crippen molar-refractivity contribution in [2.45, 2.75) is 19.9 Å². The summed E-state index contributed by atoms with van der Waals surface area (Å²) in [7, 11) is 4.14. The third kappa shape index (κ3) is 3.06. The van der Waals surface area contributed by atoms with Crippen LogP contribution in [0.15, 0.2) is 6.20 Å². The van der Waals surface area contributed by atoms with Gasteiger partial charge in [0.25, 0.3) is 0 Å². The first kappa shape index (κ1) is 10.1. The normalized spacial score (nSPS) is 13.3. The number of hydrogen-bond acceptors (Lipinski definition) is 3. The molecule has 1 aromatic heterocycles. The summed E-state index contributed by atoms with van der Waals surface area (Å²) in [6, 6.07) is 0.505. The SMILES string of the molecule is Cc1cnc(NCC(C)N(C)C)[nH]1. The summed E-state index contributed by atoms with van der Waals surface area (Å²) in [6.45, 7) is 5.07. The number of aromatic amines is 1. The molecule has 0 fully saturated rings. The predicted octanol–water partition coefficient (Wildman–Crippen LogP) is 1.08. The highest BCUT2D eigenvalue weighted by Crippen LogP contribution is 2.01. The van der Waals surface area contributed by atoms with Crippen LogP contribution >= 0.6 is 0 Å². The van der Waals surface area contributed by atoms with Crippen LogP contribution in [0.1, 0.15) is 12.6 Å². The molecule has 0 radical (unpaired) electrons. The molecular formula is C9H18N4. The van der Waals surface area contributed by atoms with Crippen LogP contribution in [0, 0.1) is 6.92 Å². The van der Waals surface area contributed by atoms with E-state index < -0.39 is 0 Å². The molecular weight excluding hydrogens is 164 g/mol. The van der Waals surface area contributed by atoms with Gasteiger partial charge in [-0.15, -0.1) is 0 Å². The van der Waals surface area contributed by atoms with Crippen molar-refractivity contribution in [3.8, 4) is 0 Å². The number of nitrogens with one attached hydrogen (secondary N) is 2. The van der Waals surface area contributed by atoms with Crippen molar-refractivity contribution in [3.63, 3.8) is 0 Å². The Labute approximate surface area is 79.4 Å². The van der Waals surface area contributed by atoms with Crippen LogP contribution < -0.4 is 5.32 Å². The summed E-state index contributed by atoms with van der Waals surface area (Å²) >= 11 is 0. The number of aryl methyl sites for hydroxylation is 1. The quantitative estimate of drug-likeness (QED) is 0.732. The molecule has 0 saturated heterocycles. The first-order chi connectivity index (χ1) is 6.09. The van der Waals surface area contributed by atoms with E-state index in [1.54, 1.807) is 0 Å². The topological polar surface area (TPSA) is 44.0 Å². The molecule has 0 aliphatic carbocycles. The van der Waals surface area contributed by atoms with Gasteiger partial charge in [0.15, 0.2) is 5.95 Å². The van der Waals surface area contributed by atoms with E-state index in [-0.39, 0.29) is 0 Å². The molecule has 0 aliphatic rings. The van der Waals surface area contributed by atoms with Gasteiger partial charge in [0.1, 0.15) is 0 Å². The van der Waals surface area contributed by atoms with E-state index in [1.165, 1.54) is 0 Å². The second-order valence-corrected chi connectivity index (χ2v) is 3.61. The van der Waals surface area contributed by atoms with E-state index in [0.717, 1.165) is 18.2 Å². The Morgan fingerprint density at radius 3 is 2.77 bits per heavy atom. The maximum Gasteiger partial charge on any atom is 0.200 e. The Morgan fingerprint density at radius 1 is 1.62 bits per heavy atom. The van der Waals surface area contributed by atoms with Crippen molar-refractivity contribution in [1.29, 1.82) is 0 Å². The minimum atomic E-state index is 0.505. The molecule has 0 aromatic carbocycles. The number of H-pyrrole nitrogens is 1. The van der Waals surface area contributed by atoms with Crippen molar-refractivity contribution in [3.05, 3.63) is 11.9 Å². The van der Waals surface area contributed by atoms with Crippen molar-refractivity contribution in [2.75, 3.05) is 26.0 Å². The molecule has 1 unspecified atom stereocenters. The van der Waals surface area contributed by atoms with E-state index in [1.807, 2.05) is 13.1 Å². The number of nitrogens with zero attached hydrogens (tertiary/aromatic N) is 2. The zero-order valence-electron chi connectivity index (χ0n) is 8.76. The van der Waals surface area contributed by atoms with Crippen LogP contribution in [0.3, 0.4) is 0 Å². The molecule has 1 rings (SSSR count). The first-order valence-electron chi connectivity index (χ1n) is 4.51. The standard InChI is InChI=1S/C9H18N4/c1-7-5-10-9(12-7)11-6-8(2)13(3)4/h5,8H,6H2,1-4H3,(H2,10,11,12). The highest BCUT2D eigenvalue weighted by Gasteiger charge is 2.04. The zero-order chi connectivity index (χ0) is 9.84. The van der Waals surface area contributed by atoms with Gasteiger partial charge in [-0.05, 0) is 27.9 Å². The molecule has 0 bridgehead atoms. The lowest BCUT2D eigenvalue weighted by Crippen LogP contribution is -2.31. The molecule has 0 saturated carbocycles. The molecule has 1 atom stereocenters. The summed E-state index contributed by atoms with van der Waals surface area (Å²) in [5.74, 6) is 0.853. The maximum absolute atomic E-state index is 4.16. The van der Waals surface area contributed by atoms with Gasteiger partial charge in [0.2, 0.25) is 0 Å². The minimum Gasteiger partial charge on any atom is -0.354 e. The van der Waals surface area contributed by atoms with Gasteiger partial charge in [-0.3, -0.25) is 0 Å². The molecule has 4 nitrogen and oxygen atoms in total. The molecule has 13 heavy (non-hydrogen) atoms. The van der Waals surface area contributed by atoms with Crippen LogP contribution in [0.5, 0.6) is 0 Å². The average Bonchev–Trinajstić information content (AvgIpc) is 2.47. The molecule has 0 amide bonds. The Kier molecular flexibility index (Phi) is 3.31. The molecule has 1 heterocycles. The van der Waals surface area contributed by atoms with Crippen LogP contribution in [0.2, 0.25) is 0 Å². The van der Waals surface area contributed by atoms with E-state index in [0.29, 0.717) is 6.04 Å². The summed E-state index contributed by atoms with van der Waals surface area (Å²) in [6.07, 6.45) is 1.82. The van der Waals surface area contributed by atoms with Crippen LogP contribution in [-0.2, 0) is 0 Å². The van der Waals surface area contributed by atoms with Crippen LogP contribution in [0.4, 0.5) is 5.95 Å². The monoisotopic (exact) mass is 182 g/mol. The van der Waals surface area contributed by atoms with Gasteiger partial charge in [-0.1, -0.05) is 0 Å². The maximum atomic E-state index is 4.16. The third-order valence-corrected chi connectivity index (χ3v) is 2.15. The van der Waals surface area contributed by atoms with E-state index in [9.17, 15) is 0 Å². The molecule has 2 N–H and O–H groups in total. The van der Waals surface area contributed by atoms with Crippen molar-refractivity contribution < 1.29 is 0 Å². The summed E-state index contributed by atoms with van der Waals surface area (Å²) in [5.41, 5.74) is 1.08. The summed E-state index contributed by atoms with van der Waals surface area (Å²) in [5, 5.41) is 3.24. The number of aromatic nitrogens is 2. The number of imidazole rings is 1. The lowest BCUT2D eigenvalue weighted by molar-refractivity contribution is 0.326. The largest absolute Gasteiger partial charge is 0.354 e. The van der Waals surface area contributed by atoms with Gasteiger partial charge < -0.3 is 15.2 Å². The molecule has 74 valence electrons. The molecule has 0 spiro atoms. The van der Waals surface area contributed by atoms with E-state index in [2.05, 4.69) is 41.2 Å². The summed E-state index contributed by atoms with van der Waals surface area (Å²) < 4.78 is 0. The summed E-state index contributed by atoms with van der Waals surface area (Å²) in [4.78, 5) is 9.46. The Balaban J connectivity index is 2.35. The van der Waals surface area contributed by atoms with Crippen molar-refractivity contribution >= 4 is 5.95 Å². The van der Waals surface area contributed by atoms with Gasteiger partial charge in [0, 0.05) is 24.5 Å². The number of rotatable bonds is 4. The highest BCUT2D eigenvalue weighted by molar-refractivity contribution is 5.25. The fourth-order valence-electron chi connectivity index (χ4n) is 0.929. The minimum absolute atomic E-state index is 0.505. The molecule has 1 aromatic rings. The van der Waals surface area contributed by atoms with E-state index >= 15 is 0 Å². The van der Waals surface area contributed by atoms with E-state index in [4.69, 9.17) is 0 Å². The number of likely N-dealkylation sites (N-methyl/N-ethyl adjacent to an activating group) is 1. The number of anilines is 1. The van der Waals surface area contributed by atoms with Gasteiger partial charge in [0.05, 0.1) is 0 Å².